The Morgan fingerprint density at radius 3 is 2.89 bits per heavy atom. The number of amidine groups is 1. The molecule has 2 aliphatic rings. The number of aliphatic imine (C=N–C) groups is 1. The number of esters is 1. The number of carbonyl (C=O) groups excluding carboxylic acids is 1. The van der Waals surface area contributed by atoms with Gasteiger partial charge in [0.15, 0.2) is 17.1 Å². The van der Waals surface area contributed by atoms with Crippen molar-refractivity contribution in [2.75, 3.05) is 26.8 Å². The Morgan fingerprint density at radius 2 is 2.23 bits per heavy atom. The number of benzene rings is 1. The molecule has 1 aromatic carbocycles. The first-order valence-corrected chi connectivity index (χ1v) is 11.8. The van der Waals surface area contributed by atoms with E-state index in [1.165, 1.54) is 30.6 Å². The molecule has 3 heterocycles. The van der Waals surface area contributed by atoms with Crippen molar-refractivity contribution in [3.8, 4) is 0 Å². The lowest BCUT2D eigenvalue weighted by Gasteiger charge is -2.39. The first-order chi connectivity index (χ1) is 16.8. The largest absolute Gasteiger partial charge is 0.507 e. The highest BCUT2D eigenvalue weighted by atomic mass is 35.5. The van der Waals surface area contributed by atoms with E-state index in [0.717, 1.165) is 6.07 Å². The molecule has 186 valence electrons. The van der Waals surface area contributed by atoms with Gasteiger partial charge in [-0.15, -0.1) is 11.3 Å². The SMILES string of the molecule is COC(=O)C1=C(CN2CCO[C@H](C)[C@@H]2OC(=O)O)NC(c2nccs2)=N[C@H]1c1ccc(F)cc1Cl. The third kappa shape index (κ3) is 5.45. The van der Waals surface area contributed by atoms with E-state index >= 15 is 0 Å². The first kappa shape index (κ1) is 25.0. The van der Waals surface area contributed by atoms with Crippen molar-refractivity contribution >= 4 is 40.9 Å². The summed E-state index contributed by atoms with van der Waals surface area (Å²) in [7, 11) is 1.24. The summed E-state index contributed by atoms with van der Waals surface area (Å²) in [5, 5.41) is 14.8. The molecule has 4 rings (SSSR count). The second-order valence-electron chi connectivity index (χ2n) is 7.71. The van der Waals surface area contributed by atoms with Crippen LogP contribution in [0.3, 0.4) is 0 Å². The molecule has 10 nitrogen and oxygen atoms in total. The lowest BCUT2D eigenvalue weighted by atomic mass is 9.95. The molecule has 1 saturated heterocycles. The highest BCUT2D eigenvalue weighted by molar-refractivity contribution is 7.11. The van der Waals surface area contributed by atoms with Crippen LogP contribution in [-0.2, 0) is 19.0 Å². The van der Waals surface area contributed by atoms with Gasteiger partial charge in [-0.1, -0.05) is 17.7 Å². The number of methoxy groups -OCH3 is 1. The van der Waals surface area contributed by atoms with E-state index in [4.69, 9.17) is 25.8 Å². The summed E-state index contributed by atoms with van der Waals surface area (Å²) in [6.45, 7) is 2.46. The standard InChI is InChI=1S/C22H22ClFN4O6S/c1-11-20(34-22(30)31)28(6-7-33-11)10-15-16(21(29)32-2)17(13-4-3-12(24)9-14(13)23)27-18(26-15)19-25-5-8-35-19/h3-5,8-9,11,17,20H,6-7,10H2,1-2H3,(H,26,27)(H,30,31)/t11-,17+,20+/m1/s1. The number of carbonyl (C=O) groups is 2. The monoisotopic (exact) mass is 524 g/mol. The van der Waals surface area contributed by atoms with Crippen LogP contribution in [0.15, 0.2) is 46.0 Å². The minimum absolute atomic E-state index is 0.0792. The molecule has 2 aliphatic heterocycles. The number of morpholine rings is 1. The maximum atomic E-state index is 13.8. The molecule has 0 aliphatic carbocycles. The Balaban J connectivity index is 1.81. The Bertz CT molecular complexity index is 1170. The Kier molecular flexibility index (Phi) is 7.65. The molecular formula is C22H22ClFN4O6S. The second-order valence-corrected chi connectivity index (χ2v) is 9.01. The van der Waals surface area contributed by atoms with Crippen LogP contribution in [0.25, 0.3) is 0 Å². The van der Waals surface area contributed by atoms with Crippen molar-refractivity contribution in [1.29, 1.82) is 0 Å². The maximum absolute atomic E-state index is 13.8. The molecule has 0 saturated carbocycles. The summed E-state index contributed by atoms with van der Waals surface area (Å²) >= 11 is 7.69. The van der Waals surface area contributed by atoms with Crippen molar-refractivity contribution < 1.29 is 33.3 Å². The third-order valence-electron chi connectivity index (χ3n) is 5.53. The number of aromatic nitrogens is 1. The van der Waals surface area contributed by atoms with E-state index in [1.807, 2.05) is 0 Å². The molecule has 2 aromatic rings. The molecule has 35 heavy (non-hydrogen) atoms. The zero-order valence-corrected chi connectivity index (χ0v) is 20.3. The summed E-state index contributed by atoms with van der Waals surface area (Å²) in [6.07, 6.45) is -1.29. The van der Waals surface area contributed by atoms with Gasteiger partial charge in [0.1, 0.15) is 18.0 Å². The van der Waals surface area contributed by atoms with Crippen LogP contribution in [0.4, 0.5) is 9.18 Å². The fraction of sp³-hybridized carbons (Fsp3) is 0.364. The fourth-order valence-corrected chi connectivity index (χ4v) is 4.83. The summed E-state index contributed by atoms with van der Waals surface area (Å²) < 4.78 is 29.5. The van der Waals surface area contributed by atoms with Crippen molar-refractivity contribution in [2.45, 2.75) is 25.3 Å². The highest BCUT2D eigenvalue weighted by Gasteiger charge is 2.38. The zero-order chi connectivity index (χ0) is 25.1. The molecule has 0 bridgehead atoms. The van der Waals surface area contributed by atoms with Crippen molar-refractivity contribution in [1.82, 2.24) is 15.2 Å². The van der Waals surface area contributed by atoms with Gasteiger partial charge in [0.25, 0.3) is 0 Å². The average Bonchev–Trinajstić information content (AvgIpc) is 3.35. The number of ether oxygens (including phenoxy) is 3. The smallest absolute Gasteiger partial charge is 0.466 e. The Labute approximate surface area is 209 Å². The number of hydrogen-bond donors (Lipinski definition) is 2. The number of rotatable bonds is 6. The van der Waals surface area contributed by atoms with Crippen LogP contribution in [-0.4, -0.2) is 72.1 Å². The molecule has 0 spiro atoms. The molecule has 13 heteroatoms. The molecule has 0 unspecified atom stereocenters. The number of hydrogen-bond acceptors (Lipinski definition) is 10. The van der Waals surface area contributed by atoms with Crippen LogP contribution >= 0.6 is 22.9 Å². The van der Waals surface area contributed by atoms with Gasteiger partial charge in [-0.25, -0.2) is 19.0 Å². The van der Waals surface area contributed by atoms with Crippen LogP contribution in [0, 0.1) is 5.82 Å². The molecule has 1 aromatic heterocycles. The van der Waals surface area contributed by atoms with Crippen LogP contribution in [0.2, 0.25) is 5.02 Å². The molecule has 0 amide bonds. The minimum Gasteiger partial charge on any atom is -0.466 e. The number of nitrogens with one attached hydrogen (secondary N) is 1. The van der Waals surface area contributed by atoms with Crippen molar-refractivity contribution in [3.63, 3.8) is 0 Å². The third-order valence-corrected chi connectivity index (χ3v) is 6.63. The fourth-order valence-electron chi connectivity index (χ4n) is 3.98. The highest BCUT2D eigenvalue weighted by Crippen LogP contribution is 2.37. The Hall–Kier alpha value is -3.06. The predicted molar refractivity (Wildman–Crippen MR) is 125 cm³/mol. The number of carboxylic acid groups (broad SMARTS) is 1. The maximum Gasteiger partial charge on any atom is 0.507 e. The number of thiazole rings is 1. The Morgan fingerprint density at radius 1 is 1.43 bits per heavy atom. The lowest BCUT2D eigenvalue weighted by molar-refractivity contribution is -0.155. The summed E-state index contributed by atoms with van der Waals surface area (Å²) in [5.41, 5.74) is 0.945. The lowest BCUT2D eigenvalue weighted by Crippen LogP contribution is -2.54. The molecule has 1 fully saturated rings. The molecule has 0 radical (unpaired) electrons. The minimum atomic E-state index is -1.45. The first-order valence-electron chi connectivity index (χ1n) is 10.5. The zero-order valence-electron chi connectivity index (χ0n) is 18.7. The van der Waals surface area contributed by atoms with Gasteiger partial charge >= 0.3 is 12.1 Å². The average molecular weight is 525 g/mol. The van der Waals surface area contributed by atoms with Crippen LogP contribution in [0.1, 0.15) is 23.5 Å². The van der Waals surface area contributed by atoms with E-state index in [2.05, 4.69) is 15.3 Å². The van der Waals surface area contributed by atoms with Gasteiger partial charge in [0.05, 0.1) is 19.3 Å². The van der Waals surface area contributed by atoms with Crippen molar-refractivity contribution in [2.24, 2.45) is 4.99 Å². The van der Waals surface area contributed by atoms with Crippen molar-refractivity contribution in [3.05, 3.63) is 62.5 Å². The predicted octanol–water partition coefficient (Wildman–Crippen LogP) is 3.20. The summed E-state index contributed by atoms with van der Waals surface area (Å²) in [4.78, 5) is 35.0. The van der Waals surface area contributed by atoms with Gasteiger partial charge in [0, 0.05) is 40.9 Å². The normalized spacial score (nSPS) is 22.9. The van der Waals surface area contributed by atoms with E-state index < -0.39 is 36.3 Å². The molecular weight excluding hydrogens is 503 g/mol. The quantitative estimate of drug-likeness (QED) is 0.548. The number of nitrogens with zero attached hydrogens (tertiary/aromatic N) is 3. The molecule has 2 N–H and O–H groups in total. The van der Waals surface area contributed by atoms with Gasteiger partial charge in [-0.05, 0) is 19.1 Å². The van der Waals surface area contributed by atoms with Crippen LogP contribution < -0.4 is 5.32 Å². The van der Waals surface area contributed by atoms with Gasteiger partial charge < -0.3 is 24.6 Å². The van der Waals surface area contributed by atoms with E-state index in [1.54, 1.807) is 23.4 Å². The van der Waals surface area contributed by atoms with E-state index in [0.29, 0.717) is 35.3 Å². The van der Waals surface area contributed by atoms with Gasteiger partial charge in [0.2, 0.25) is 0 Å². The summed E-state index contributed by atoms with van der Waals surface area (Å²) in [6, 6.07) is 2.91. The van der Waals surface area contributed by atoms with Gasteiger partial charge in [-0.3, -0.25) is 9.89 Å². The second kappa shape index (κ2) is 10.7. The summed E-state index contributed by atoms with van der Waals surface area (Å²) in [5.74, 6) is -0.821. The van der Waals surface area contributed by atoms with E-state index in [9.17, 15) is 19.1 Å². The van der Waals surface area contributed by atoms with Crippen LogP contribution in [0.5, 0.6) is 0 Å². The number of halogens is 2. The topological polar surface area (TPSA) is 123 Å². The van der Waals surface area contributed by atoms with E-state index in [-0.39, 0.29) is 17.1 Å². The van der Waals surface area contributed by atoms with Gasteiger partial charge in [-0.2, -0.15) is 0 Å². The molecule has 3 atom stereocenters.